The summed E-state index contributed by atoms with van der Waals surface area (Å²) in [6.07, 6.45) is 0.726. The molecule has 0 saturated heterocycles. The standard InChI is InChI=1S/C27H28Cl3N3O4S/c1-3-15-31-27(35)19(2)32(17-20-9-11-21(28)12-10-20)26(34)18-33(22-13-14-24(29)25(30)16-22)38(36,37)23-7-5-4-6-8-23/h4-14,16,19H,3,15,17-18H2,1-2H3,(H,31,35)/t19-/m0/s1. The fourth-order valence-corrected chi connectivity index (χ4v) is 5.50. The van der Waals surface area contributed by atoms with Gasteiger partial charge in [0.05, 0.1) is 20.6 Å². The molecule has 3 aromatic rings. The molecule has 0 bridgehead atoms. The van der Waals surface area contributed by atoms with Crippen LogP contribution in [0.4, 0.5) is 5.69 Å². The van der Waals surface area contributed by atoms with Crippen LogP contribution in [-0.4, -0.2) is 44.3 Å². The summed E-state index contributed by atoms with van der Waals surface area (Å²) in [6, 6.07) is 18.1. The number of nitrogens with zero attached hydrogens (tertiary/aromatic N) is 2. The molecule has 2 amide bonds. The Morgan fingerprint density at radius 1 is 0.921 bits per heavy atom. The number of benzene rings is 3. The van der Waals surface area contributed by atoms with Crippen molar-refractivity contribution >= 4 is 62.3 Å². The van der Waals surface area contributed by atoms with E-state index in [0.717, 1.165) is 16.3 Å². The van der Waals surface area contributed by atoms with Crippen molar-refractivity contribution in [2.75, 3.05) is 17.4 Å². The maximum absolute atomic E-state index is 13.8. The predicted octanol–water partition coefficient (Wildman–Crippen LogP) is 5.79. The number of rotatable bonds is 11. The number of carbonyl (C=O) groups is 2. The van der Waals surface area contributed by atoms with E-state index >= 15 is 0 Å². The Morgan fingerprint density at radius 3 is 2.18 bits per heavy atom. The third kappa shape index (κ3) is 7.41. The Bertz CT molecular complexity index is 1370. The first-order chi connectivity index (χ1) is 18.0. The second-order valence-electron chi connectivity index (χ2n) is 8.54. The molecule has 0 aliphatic rings. The Hall–Kier alpha value is -2.78. The molecule has 202 valence electrons. The van der Waals surface area contributed by atoms with Gasteiger partial charge in [-0.05, 0) is 61.4 Å². The topological polar surface area (TPSA) is 86.8 Å². The van der Waals surface area contributed by atoms with Crippen molar-refractivity contribution in [2.45, 2.75) is 37.8 Å². The monoisotopic (exact) mass is 595 g/mol. The second-order valence-corrected chi connectivity index (χ2v) is 11.7. The minimum Gasteiger partial charge on any atom is -0.354 e. The quantitative estimate of drug-likeness (QED) is 0.304. The summed E-state index contributed by atoms with van der Waals surface area (Å²) in [6.45, 7) is 3.47. The van der Waals surface area contributed by atoms with Gasteiger partial charge in [-0.2, -0.15) is 0 Å². The lowest BCUT2D eigenvalue weighted by Gasteiger charge is -2.32. The van der Waals surface area contributed by atoms with Crippen LogP contribution in [0.3, 0.4) is 0 Å². The summed E-state index contributed by atoms with van der Waals surface area (Å²) in [4.78, 5) is 28.0. The van der Waals surface area contributed by atoms with Crippen molar-refractivity contribution in [1.82, 2.24) is 10.2 Å². The van der Waals surface area contributed by atoms with E-state index in [0.29, 0.717) is 11.6 Å². The number of anilines is 1. The molecule has 7 nitrogen and oxygen atoms in total. The summed E-state index contributed by atoms with van der Waals surface area (Å²) in [5, 5.41) is 3.70. The summed E-state index contributed by atoms with van der Waals surface area (Å²) < 4.78 is 28.4. The van der Waals surface area contributed by atoms with Gasteiger partial charge in [0.1, 0.15) is 12.6 Å². The molecule has 1 atom stereocenters. The van der Waals surface area contributed by atoms with Gasteiger partial charge in [-0.3, -0.25) is 13.9 Å². The first-order valence-corrected chi connectivity index (χ1v) is 14.5. The fourth-order valence-electron chi connectivity index (χ4n) is 3.65. The van der Waals surface area contributed by atoms with Crippen molar-refractivity contribution in [3.8, 4) is 0 Å². The van der Waals surface area contributed by atoms with Crippen LogP contribution in [0.5, 0.6) is 0 Å². The SMILES string of the molecule is CCCNC(=O)[C@H](C)N(Cc1ccc(Cl)cc1)C(=O)CN(c1ccc(Cl)c(Cl)c1)S(=O)(=O)c1ccccc1. The lowest BCUT2D eigenvalue weighted by atomic mass is 10.1. The lowest BCUT2D eigenvalue weighted by molar-refractivity contribution is -0.139. The minimum atomic E-state index is -4.18. The molecule has 0 spiro atoms. The van der Waals surface area contributed by atoms with Gasteiger partial charge in [0.25, 0.3) is 10.0 Å². The molecule has 0 radical (unpaired) electrons. The summed E-state index contributed by atoms with van der Waals surface area (Å²) in [7, 11) is -4.18. The van der Waals surface area contributed by atoms with Crippen LogP contribution in [0.2, 0.25) is 15.1 Å². The van der Waals surface area contributed by atoms with Gasteiger partial charge < -0.3 is 10.2 Å². The summed E-state index contributed by atoms with van der Waals surface area (Å²) >= 11 is 18.3. The molecule has 0 fully saturated rings. The molecule has 3 aromatic carbocycles. The zero-order valence-corrected chi connectivity index (χ0v) is 24.0. The molecule has 0 aromatic heterocycles. The molecule has 0 saturated carbocycles. The van der Waals surface area contributed by atoms with Crippen LogP contribution in [0.1, 0.15) is 25.8 Å². The maximum Gasteiger partial charge on any atom is 0.264 e. The number of hydrogen-bond acceptors (Lipinski definition) is 4. The Morgan fingerprint density at radius 2 is 1.58 bits per heavy atom. The third-order valence-electron chi connectivity index (χ3n) is 5.78. The van der Waals surface area contributed by atoms with Gasteiger partial charge in [-0.25, -0.2) is 8.42 Å². The van der Waals surface area contributed by atoms with Crippen LogP contribution in [-0.2, 0) is 26.2 Å². The van der Waals surface area contributed by atoms with Gasteiger partial charge in [0.15, 0.2) is 0 Å². The van der Waals surface area contributed by atoms with E-state index in [2.05, 4.69) is 5.32 Å². The van der Waals surface area contributed by atoms with Gasteiger partial charge >= 0.3 is 0 Å². The van der Waals surface area contributed by atoms with Crippen LogP contribution in [0.25, 0.3) is 0 Å². The van der Waals surface area contributed by atoms with Crippen molar-refractivity contribution in [3.05, 3.63) is 93.4 Å². The first kappa shape index (κ1) is 29.8. The molecule has 38 heavy (non-hydrogen) atoms. The number of halogens is 3. The van der Waals surface area contributed by atoms with E-state index < -0.39 is 28.5 Å². The highest BCUT2D eigenvalue weighted by Crippen LogP contribution is 2.31. The zero-order valence-electron chi connectivity index (χ0n) is 20.9. The van der Waals surface area contributed by atoms with Crippen molar-refractivity contribution in [2.24, 2.45) is 0 Å². The summed E-state index contributed by atoms with van der Waals surface area (Å²) in [5.41, 5.74) is 0.885. The molecule has 0 heterocycles. The number of carbonyl (C=O) groups excluding carboxylic acids is 2. The van der Waals surface area contributed by atoms with Crippen LogP contribution in [0, 0.1) is 0 Å². The molecule has 3 rings (SSSR count). The Balaban J connectivity index is 2.02. The normalized spacial score (nSPS) is 12.0. The van der Waals surface area contributed by atoms with E-state index in [4.69, 9.17) is 34.8 Å². The van der Waals surface area contributed by atoms with Gasteiger partial charge in [0, 0.05) is 18.1 Å². The zero-order chi connectivity index (χ0) is 27.9. The van der Waals surface area contributed by atoms with Crippen LogP contribution in [0.15, 0.2) is 77.7 Å². The highest BCUT2D eigenvalue weighted by atomic mass is 35.5. The number of amides is 2. The van der Waals surface area contributed by atoms with Crippen molar-refractivity contribution in [3.63, 3.8) is 0 Å². The summed E-state index contributed by atoms with van der Waals surface area (Å²) in [5.74, 6) is -0.925. The third-order valence-corrected chi connectivity index (χ3v) is 8.56. The van der Waals surface area contributed by atoms with Gasteiger partial charge in [0.2, 0.25) is 11.8 Å². The predicted molar refractivity (Wildman–Crippen MR) is 152 cm³/mol. The lowest BCUT2D eigenvalue weighted by Crippen LogP contribution is -2.51. The average molecular weight is 597 g/mol. The number of sulfonamides is 1. The van der Waals surface area contributed by atoms with E-state index in [1.807, 2.05) is 6.92 Å². The Labute approximate surface area is 238 Å². The maximum atomic E-state index is 13.8. The van der Waals surface area contributed by atoms with Crippen LogP contribution < -0.4 is 9.62 Å². The average Bonchev–Trinajstić information content (AvgIpc) is 2.91. The molecule has 1 N–H and O–H groups in total. The van der Waals surface area contributed by atoms with E-state index in [9.17, 15) is 18.0 Å². The molecular weight excluding hydrogens is 569 g/mol. The van der Waals surface area contributed by atoms with E-state index in [-0.39, 0.29) is 33.1 Å². The fraction of sp³-hybridized carbons (Fsp3) is 0.259. The molecular formula is C27H28Cl3N3O4S. The second kappa shape index (κ2) is 13.3. The van der Waals surface area contributed by atoms with Crippen LogP contribution >= 0.6 is 34.8 Å². The molecule has 0 unspecified atom stereocenters. The molecule has 0 aliphatic heterocycles. The smallest absolute Gasteiger partial charge is 0.264 e. The number of nitrogens with one attached hydrogen (secondary N) is 1. The first-order valence-electron chi connectivity index (χ1n) is 11.9. The number of hydrogen-bond donors (Lipinski definition) is 1. The van der Waals surface area contributed by atoms with Gasteiger partial charge in [-0.15, -0.1) is 0 Å². The minimum absolute atomic E-state index is 0.00291. The van der Waals surface area contributed by atoms with Crippen molar-refractivity contribution in [1.29, 1.82) is 0 Å². The largest absolute Gasteiger partial charge is 0.354 e. The van der Waals surface area contributed by atoms with E-state index in [1.165, 1.54) is 35.2 Å². The Kier molecular flexibility index (Phi) is 10.4. The molecule has 0 aliphatic carbocycles. The molecule has 11 heteroatoms. The van der Waals surface area contributed by atoms with Gasteiger partial charge in [-0.1, -0.05) is 72.1 Å². The van der Waals surface area contributed by atoms with Crippen molar-refractivity contribution < 1.29 is 18.0 Å². The highest BCUT2D eigenvalue weighted by molar-refractivity contribution is 7.92. The van der Waals surface area contributed by atoms with E-state index in [1.54, 1.807) is 49.4 Å². The highest BCUT2D eigenvalue weighted by Gasteiger charge is 2.32.